The summed E-state index contributed by atoms with van der Waals surface area (Å²) in [6, 6.07) is 31.8. The van der Waals surface area contributed by atoms with Gasteiger partial charge in [0.25, 0.3) is 0 Å². The average molecular weight is 660 g/mol. The third kappa shape index (κ3) is 7.38. The Bertz CT molecular complexity index is 1860. The van der Waals surface area contributed by atoms with Gasteiger partial charge in [0.15, 0.2) is 0 Å². The van der Waals surface area contributed by atoms with E-state index in [1.807, 2.05) is 60.7 Å². The minimum atomic E-state index is -1.78. The summed E-state index contributed by atoms with van der Waals surface area (Å²) in [5.41, 5.74) is 4.15. The zero-order valence-corrected chi connectivity index (χ0v) is 26.8. The van der Waals surface area contributed by atoms with Crippen LogP contribution in [0.4, 0.5) is 5.69 Å². The number of aromatic hydroxyl groups is 1. The van der Waals surface area contributed by atoms with Gasteiger partial charge in [-0.3, -0.25) is 14.5 Å². The molecule has 0 bridgehead atoms. The molecule has 10 heteroatoms. The van der Waals surface area contributed by atoms with E-state index >= 15 is 0 Å². The van der Waals surface area contributed by atoms with Crippen LogP contribution in [0.5, 0.6) is 11.5 Å². The number of fused-ring (bicyclic) bond motifs is 1. The molecule has 0 aromatic heterocycles. The Morgan fingerprint density at radius 1 is 0.898 bits per heavy atom. The minimum Gasteiger partial charge on any atom is -0.508 e. The number of nitrogens with zero attached hydrogens (tertiary/aromatic N) is 1. The Morgan fingerprint density at radius 2 is 1.61 bits per heavy atom. The molecule has 250 valence electrons. The molecule has 1 aliphatic carbocycles. The Kier molecular flexibility index (Phi) is 10.4. The van der Waals surface area contributed by atoms with Gasteiger partial charge in [-0.15, -0.1) is 0 Å². The summed E-state index contributed by atoms with van der Waals surface area (Å²) in [5.74, 6) is -2.82. The van der Waals surface area contributed by atoms with Crippen molar-refractivity contribution in [2.75, 3.05) is 18.1 Å². The van der Waals surface area contributed by atoms with Crippen molar-refractivity contribution in [1.82, 2.24) is 0 Å². The van der Waals surface area contributed by atoms with Gasteiger partial charge < -0.3 is 30.1 Å². The zero-order chi connectivity index (χ0) is 34.5. The van der Waals surface area contributed by atoms with Crippen LogP contribution in [0.25, 0.3) is 11.6 Å². The van der Waals surface area contributed by atoms with E-state index in [4.69, 9.17) is 4.74 Å². The van der Waals surface area contributed by atoms with E-state index in [9.17, 15) is 35.0 Å². The number of phenolic OH excluding ortho intramolecular Hbond substituents is 1. The van der Waals surface area contributed by atoms with Gasteiger partial charge >= 0.3 is 7.12 Å². The van der Waals surface area contributed by atoms with Crippen molar-refractivity contribution in [2.45, 2.75) is 25.4 Å². The highest BCUT2D eigenvalue weighted by molar-refractivity contribution is 6.58. The number of aliphatic hydroxyl groups excluding tert-OH is 2. The predicted octanol–water partition coefficient (Wildman–Crippen LogP) is 3.95. The summed E-state index contributed by atoms with van der Waals surface area (Å²) < 4.78 is 6.12. The SMILES string of the molecule is O=C1[C@@H]2[C@@H](CC(COc3ccccc3)=C([C@H](O)CC/C(=C/c3cccc(O)c3)c3ccccc3)[C@@H]2CO)C(=O)N1c1cccc(B(O)O)c1. The molecule has 49 heavy (non-hydrogen) atoms. The van der Waals surface area contributed by atoms with Crippen LogP contribution in [-0.2, 0) is 9.59 Å². The van der Waals surface area contributed by atoms with E-state index in [1.165, 1.54) is 18.2 Å². The summed E-state index contributed by atoms with van der Waals surface area (Å²) >= 11 is 0. The maximum atomic E-state index is 14.0. The molecule has 4 aromatic carbocycles. The molecule has 1 fully saturated rings. The van der Waals surface area contributed by atoms with E-state index < -0.39 is 49.4 Å². The number of allylic oxidation sites excluding steroid dienone is 1. The lowest BCUT2D eigenvalue weighted by atomic mass is 9.68. The number of hydrogen-bond donors (Lipinski definition) is 5. The predicted molar refractivity (Wildman–Crippen MR) is 188 cm³/mol. The number of ether oxygens (including phenoxy) is 1. The molecule has 6 rings (SSSR count). The highest BCUT2D eigenvalue weighted by Gasteiger charge is 2.55. The normalized spacial score (nSPS) is 20.0. The molecule has 2 aliphatic rings. The van der Waals surface area contributed by atoms with Crippen LogP contribution >= 0.6 is 0 Å². The summed E-state index contributed by atoms with van der Waals surface area (Å²) in [5, 5.41) is 52.3. The fourth-order valence-electron chi connectivity index (χ4n) is 7.07. The first-order chi connectivity index (χ1) is 23.7. The summed E-state index contributed by atoms with van der Waals surface area (Å²) in [7, 11) is -1.78. The topological polar surface area (TPSA) is 148 Å². The van der Waals surface area contributed by atoms with Gasteiger partial charge in [-0.25, -0.2) is 0 Å². The third-order valence-corrected chi connectivity index (χ3v) is 9.37. The van der Waals surface area contributed by atoms with Crippen LogP contribution in [0.15, 0.2) is 120 Å². The maximum Gasteiger partial charge on any atom is 0.488 e. The van der Waals surface area contributed by atoms with Gasteiger partial charge in [-0.1, -0.05) is 78.9 Å². The molecule has 0 saturated carbocycles. The van der Waals surface area contributed by atoms with Gasteiger partial charge in [0, 0.05) is 5.92 Å². The maximum absolute atomic E-state index is 14.0. The summed E-state index contributed by atoms with van der Waals surface area (Å²) in [4.78, 5) is 29.0. The van der Waals surface area contributed by atoms with Gasteiger partial charge in [0.2, 0.25) is 11.8 Å². The van der Waals surface area contributed by atoms with E-state index in [0.717, 1.165) is 21.6 Å². The lowest BCUT2D eigenvalue weighted by molar-refractivity contribution is -0.123. The lowest BCUT2D eigenvalue weighted by Crippen LogP contribution is -2.40. The molecule has 1 saturated heterocycles. The second-order valence-electron chi connectivity index (χ2n) is 12.5. The van der Waals surface area contributed by atoms with Gasteiger partial charge in [0.05, 0.1) is 30.2 Å². The highest BCUT2D eigenvalue weighted by atomic mass is 16.5. The monoisotopic (exact) mass is 659 g/mol. The molecule has 1 heterocycles. The highest BCUT2D eigenvalue weighted by Crippen LogP contribution is 2.47. The molecular weight excluding hydrogens is 621 g/mol. The van der Waals surface area contributed by atoms with Crippen molar-refractivity contribution < 1.29 is 39.7 Å². The van der Waals surface area contributed by atoms with Crippen LogP contribution in [0.3, 0.4) is 0 Å². The lowest BCUT2D eigenvalue weighted by Gasteiger charge is -2.36. The van der Waals surface area contributed by atoms with Crippen molar-refractivity contribution >= 4 is 41.7 Å². The third-order valence-electron chi connectivity index (χ3n) is 9.37. The number of carbonyl (C=O) groups is 2. The van der Waals surface area contributed by atoms with Crippen LogP contribution in [-0.4, -0.2) is 63.6 Å². The first-order valence-electron chi connectivity index (χ1n) is 16.3. The van der Waals surface area contributed by atoms with E-state index in [-0.39, 0.29) is 36.3 Å². The second kappa shape index (κ2) is 15.1. The average Bonchev–Trinajstić information content (AvgIpc) is 3.37. The Morgan fingerprint density at radius 3 is 2.31 bits per heavy atom. The summed E-state index contributed by atoms with van der Waals surface area (Å²) in [6.45, 7) is -0.427. The number of carbonyl (C=O) groups excluding carboxylic acids is 2. The Balaban J connectivity index is 1.34. The number of imide groups is 1. The number of rotatable bonds is 12. The van der Waals surface area contributed by atoms with Gasteiger partial charge in [0.1, 0.15) is 18.1 Å². The molecule has 1 aliphatic heterocycles. The van der Waals surface area contributed by atoms with Crippen LogP contribution in [0.1, 0.15) is 30.4 Å². The van der Waals surface area contributed by atoms with Crippen molar-refractivity contribution in [1.29, 1.82) is 0 Å². The fourth-order valence-corrected chi connectivity index (χ4v) is 7.07. The quantitative estimate of drug-likeness (QED) is 0.0665. The molecule has 4 atom stereocenters. The minimum absolute atomic E-state index is 0.0501. The number of hydrogen-bond acceptors (Lipinski definition) is 8. The molecule has 4 aromatic rings. The molecule has 0 unspecified atom stereocenters. The first kappa shape index (κ1) is 33.9. The largest absolute Gasteiger partial charge is 0.508 e. The number of para-hydroxylation sites is 1. The molecule has 0 radical (unpaired) electrons. The molecule has 2 amide bonds. The number of benzene rings is 4. The van der Waals surface area contributed by atoms with Crippen LogP contribution < -0.4 is 15.1 Å². The van der Waals surface area contributed by atoms with Crippen LogP contribution in [0, 0.1) is 17.8 Å². The number of aliphatic hydroxyl groups is 2. The first-order valence-corrected chi connectivity index (χ1v) is 16.3. The molecular formula is C39H38BNO8. The molecule has 0 spiro atoms. The van der Waals surface area contributed by atoms with E-state index in [2.05, 4.69) is 0 Å². The number of amides is 2. The van der Waals surface area contributed by atoms with Crippen LogP contribution in [0.2, 0.25) is 0 Å². The molecule has 9 nitrogen and oxygen atoms in total. The van der Waals surface area contributed by atoms with Crippen molar-refractivity contribution in [3.63, 3.8) is 0 Å². The zero-order valence-electron chi connectivity index (χ0n) is 26.8. The fraction of sp³-hybridized carbons (Fsp3) is 0.231. The van der Waals surface area contributed by atoms with Crippen molar-refractivity contribution in [3.8, 4) is 11.5 Å². The van der Waals surface area contributed by atoms with E-state index in [0.29, 0.717) is 23.3 Å². The number of phenols is 1. The summed E-state index contributed by atoms with van der Waals surface area (Å²) in [6.07, 6.45) is 1.71. The van der Waals surface area contributed by atoms with Gasteiger partial charge in [-0.05, 0) is 89.0 Å². The second-order valence-corrected chi connectivity index (χ2v) is 12.5. The van der Waals surface area contributed by atoms with Crippen molar-refractivity contribution in [2.24, 2.45) is 17.8 Å². The van der Waals surface area contributed by atoms with Gasteiger partial charge in [-0.2, -0.15) is 0 Å². The van der Waals surface area contributed by atoms with E-state index in [1.54, 1.807) is 36.4 Å². The Hall–Kier alpha value is -5.00. The smallest absolute Gasteiger partial charge is 0.488 e. The van der Waals surface area contributed by atoms with Crippen molar-refractivity contribution in [3.05, 3.63) is 131 Å². The molecule has 5 N–H and O–H groups in total. The number of anilines is 1. The standard InChI is InChI=1S/C39H38BNO8/c42-23-34-36(35(44)18-17-27(26-10-3-1-4-11-26)19-25-9-7-14-31(43)20-25)28(24-49-32-15-5-2-6-16-32)21-33-37(34)39(46)41(38(33)45)30-13-8-12-29(22-30)40(47)48/h1-16,19-20,22,33-35,37,42-44,47-48H,17-18,21,23-24H2/b27-19-/t33-,34+,35-,37-/m1/s1. The Labute approximate surface area is 285 Å².